The van der Waals surface area contributed by atoms with Gasteiger partial charge in [0, 0.05) is 18.3 Å². The Hall–Kier alpha value is -2.51. The molecule has 0 fully saturated rings. The minimum Gasteiger partial charge on any atom is -0.335 e. The monoisotopic (exact) mass is 387 g/mol. The molecule has 0 saturated heterocycles. The van der Waals surface area contributed by atoms with Crippen molar-refractivity contribution in [3.63, 3.8) is 0 Å². The molecule has 0 radical (unpaired) electrons. The van der Waals surface area contributed by atoms with Crippen LogP contribution in [0.4, 0.5) is 5.69 Å². The molecule has 8 heteroatoms. The topological polar surface area (TPSA) is 77.0 Å². The maximum atomic E-state index is 12.7. The normalized spacial score (nSPS) is 12.0. The number of carbonyl (C=O) groups is 1. The largest absolute Gasteiger partial charge is 0.335 e. The second kappa shape index (κ2) is 7.80. The number of halogens is 1. The van der Waals surface area contributed by atoms with Crippen LogP contribution in [-0.2, 0) is 4.79 Å². The van der Waals surface area contributed by atoms with Crippen molar-refractivity contribution < 1.29 is 4.79 Å². The molecular formula is C18H18ClN5OS. The second-order valence-corrected chi connectivity index (χ2v) is 7.36. The van der Waals surface area contributed by atoms with Gasteiger partial charge in [-0.1, -0.05) is 53.7 Å². The zero-order valence-electron chi connectivity index (χ0n) is 14.3. The molecule has 0 spiro atoms. The number of amides is 1. The van der Waals surface area contributed by atoms with E-state index < -0.39 is 0 Å². The molecule has 26 heavy (non-hydrogen) atoms. The Balaban J connectivity index is 1.77. The smallest absolute Gasteiger partial charge is 0.240 e. The molecular weight excluding hydrogens is 370 g/mol. The number of carbonyl (C=O) groups excluding carboxylic acids is 1. The fourth-order valence-corrected chi connectivity index (χ4v) is 3.53. The number of benzene rings is 2. The van der Waals surface area contributed by atoms with Crippen molar-refractivity contribution in [1.29, 1.82) is 0 Å². The molecule has 0 bridgehead atoms. The van der Waals surface area contributed by atoms with E-state index in [9.17, 15) is 4.79 Å². The first-order chi connectivity index (χ1) is 12.5. The molecule has 0 unspecified atom stereocenters. The van der Waals surface area contributed by atoms with E-state index >= 15 is 0 Å². The first kappa shape index (κ1) is 18.3. The zero-order chi connectivity index (χ0) is 18.7. The van der Waals surface area contributed by atoms with Crippen molar-refractivity contribution in [2.75, 3.05) is 17.8 Å². The van der Waals surface area contributed by atoms with Crippen LogP contribution >= 0.6 is 23.4 Å². The quantitative estimate of drug-likeness (QED) is 0.536. The van der Waals surface area contributed by atoms with Gasteiger partial charge in [0.1, 0.15) is 0 Å². The van der Waals surface area contributed by atoms with E-state index in [0.29, 0.717) is 21.6 Å². The van der Waals surface area contributed by atoms with Gasteiger partial charge in [0.25, 0.3) is 0 Å². The maximum Gasteiger partial charge on any atom is 0.240 e. The summed E-state index contributed by atoms with van der Waals surface area (Å²) >= 11 is 7.45. The standard InChI is InChI=1S/C18H18ClN5OS/c1-12(17(25)23(2)13-8-4-3-5-9-13)26-18-22-21-16(24(18)20)14-10-6-7-11-15(14)19/h3-12H,20H2,1-2H3/t12-/m1/s1. The Morgan fingerprint density at radius 2 is 1.81 bits per heavy atom. The van der Waals surface area contributed by atoms with E-state index in [2.05, 4.69) is 10.2 Å². The van der Waals surface area contributed by atoms with Crippen LogP contribution in [0.25, 0.3) is 11.4 Å². The number of para-hydroxylation sites is 1. The predicted molar refractivity (Wildman–Crippen MR) is 106 cm³/mol. The van der Waals surface area contributed by atoms with Gasteiger partial charge < -0.3 is 10.7 Å². The molecule has 2 N–H and O–H groups in total. The molecule has 1 aromatic heterocycles. The molecule has 134 valence electrons. The average Bonchev–Trinajstić information content (AvgIpc) is 3.02. The molecule has 1 atom stereocenters. The van der Waals surface area contributed by atoms with Gasteiger partial charge in [0.05, 0.1) is 10.3 Å². The summed E-state index contributed by atoms with van der Waals surface area (Å²) in [6.45, 7) is 1.82. The number of nitrogens with zero attached hydrogens (tertiary/aromatic N) is 4. The number of anilines is 1. The lowest BCUT2D eigenvalue weighted by Crippen LogP contribution is -2.33. The van der Waals surface area contributed by atoms with E-state index in [1.54, 1.807) is 18.0 Å². The summed E-state index contributed by atoms with van der Waals surface area (Å²) in [6.07, 6.45) is 0. The van der Waals surface area contributed by atoms with E-state index in [4.69, 9.17) is 17.4 Å². The van der Waals surface area contributed by atoms with Crippen LogP contribution in [0.3, 0.4) is 0 Å². The molecule has 0 aliphatic heterocycles. The lowest BCUT2D eigenvalue weighted by atomic mass is 10.2. The van der Waals surface area contributed by atoms with Crippen LogP contribution in [-0.4, -0.2) is 33.1 Å². The number of hydrogen-bond donors (Lipinski definition) is 1. The van der Waals surface area contributed by atoms with Gasteiger partial charge in [0.2, 0.25) is 11.1 Å². The van der Waals surface area contributed by atoms with Gasteiger partial charge in [-0.25, -0.2) is 4.68 Å². The molecule has 2 aromatic carbocycles. The van der Waals surface area contributed by atoms with Crippen LogP contribution in [0, 0.1) is 0 Å². The third-order valence-corrected chi connectivity index (χ3v) is 5.26. The number of thioether (sulfide) groups is 1. The average molecular weight is 388 g/mol. The Labute approximate surface area is 160 Å². The van der Waals surface area contributed by atoms with E-state index in [1.807, 2.05) is 55.5 Å². The highest BCUT2D eigenvalue weighted by atomic mass is 35.5. The Morgan fingerprint density at radius 1 is 1.15 bits per heavy atom. The second-order valence-electron chi connectivity index (χ2n) is 5.65. The van der Waals surface area contributed by atoms with Crippen LogP contribution in [0.15, 0.2) is 59.8 Å². The van der Waals surface area contributed by atoms with Gasteiger partial charge in [-0.15, -0.1) is 10.2 Å². The summed E-state index contributed by atoms with van der Waals surface area (Å²) in [7, 11) is 1.75. The highest BCUT2D eigenvalue weighted by molar-refractivity contribution is 8.00. The number of aromatic nitrogens is 3. The summed E-state index contributed by atoms with van der Waals surface area (Å²) in [5.41, 5.74) is 1.52. The fraction of sp³-hybridized carbons (Fsp3) is 0.167. The summed E-state index contributed by atoms with van der Waals surface area (Å²) in [5, 5.41) is 8.83. The molecule has 3 aromatic rings. The van der Waals surface area contributed by atoms with Crippen LogP contribution in [0.1, 0.15) is 6.92 Å². The molecule has 3 rings (SSSR count). The minimum absolute atomic E-state index is 0.0523. The maximum absolute atomic E-state index is 12.7. The van der Waals surface area contributed by atoms with Crippen LogP contribution in [0.2, 0.25) is 5.02 Å². The minimum atomic E-state index is -0.384. The summed E-state index contributed by atoms with van der Waals surface area (Å²) < 4.78 is 1.36. The number of rotatable bonds is 5. The Morgan fingerprint density at radius 3 is 2.50 bits per heavy atom. The molecule has 6 nitrogen and oxygen atoms in total. The Kier molecular flexibility index (Phi) is 5.49. The molecule has 1 heterocycles. The highest BCUT2D eigenvalue weighted by Gasteiger charge is 2.23. The van der Waals surface area contributed by atoms with Gasteiger partial charge in [-0.3, -0.25) is 4.79 Å². The van der Waals surface area contributed by atoms with Crippen molar-refractivity contribution in [2.24, 2.45) is 0 Å². The predicted octanol–water partition coefficient (Wildman–Crippen LogP) is 3.46. The third kappa shape index (κ3) is 3.68. The summed E-state index contributed by atoms with van der Waals surface area (Å²) in [6, 6.07) is 16.7. The molecule has 1 amide bonds. The first-order valence-corrected chi connectivity index (χ1v) is 9.19. The fourth-order valence-electron chi connectivity index (χ4n) is 2.44. The van der Waals surface area contributed by atoms with Crippen molar-refractivity contribution in [3.8, 4) is 11.4 Å². The molecule has 0 aliphatic carbocycles. The third-order valence-electron chi connectivity index (χ3n) is 3.88. The lowest BCUT2D eigenvalue weighted by molar-refractivity contribution is -0.117. The van der Waals surface area contributed by atoms with E-state index in [0.717, 1.165) is 5.69 Å². The van der Waals surface area contributed by atoms with Gasteiger partial charge in [-0.2, -0.15) is 0 Å². The number of nitrogens with two attached hydrogens (primary N) is 1. The Bertz CT molecular complexity index is 915. The lowest BCUT2D eigenvalue weighted by Gasteiger charge is -2.20. The van der Waals surface area contributed by atoms with E-state index in [1.165, 1.54) is 16.4 Å². The van der Waals surface area contributed by atoms with Gasteiger partial charge in [0.15, 0.2) is 5.82 Å². The molecule has 0 aliphatic rings. The van der Waals surface area contributed by atoms with Gasteiger partial charge >= 0.3 is 0 Å². The van der Waals surface area contributed by atoms with Crippen LogP contribution in [0.5, 0.6) is 0 Å². The van der Waals surface area contributed by atoms with Crippen molar-refractivity contribution in [3.05, 3.63) is 59.6 Å². The number of nitrogen functional groups attached to an aromatic ring is 1. The van der Waals surface area contributed by atoms with Gasteiger partial charge in [-0.05, 0) is 31.2 Å². The van der Waals surface area contributed by atoms with E-state index in [-0.39, 0.29) is 11.2 Å². The zero-order valence-corrected chi connectivity index (χ0v) is 15.9. The first-order valence-electron chi connectivity index (χ1n) is 7.93. The SMILES string of the molecule is C[C@@H](Sc1nnc(-c2ccccc2Cl)n1N)C(=O)N(C)c1ccccc1. The van der Waals surface area contributed by atoms with Crippen molar-refractivity contribution in [2.45, 2.75) is 17.3 Å². The summed E-state index contributed by atoms with van der Waals surface area (Å²) in [5.74, 6) is 6.53. The highest BCUT2D eigenvalue weighted by Crippen LogP contribution is 2.29. The van der Waals surface area contributed by atoms with Crippen molar-refractivity contribution >= 4 is 35.0 Å². The molecule has 0 saturated carbocycles. The van der Waals surface area contributed by atoms with Crippen molar-refractivity contribution in [1.82, 2.24) is 14.9 Å². The van der Waals surface area contributed by atoms with Crippen LogP contribution < -0.4 is 10.7 Å². The number of hydrogen-bond acceptors (Lipinski definition) is 5. The summed E-state index contributed by atoms with van der Waals surface area (Å²) in [4.78, 5) is 14.3.